The van der Waals surface area contributed by atoms with Crippen LogP contribution in [0.4, 0.5) is 17.2 Å². The van der Waals surface area contributed by atoms with Gasteiger partial charge in [0.15, 0.2) is 0 Å². The van der Waals surface area contributed by atoms with Crippen molar-refractivity contribution in [2.45, 2.75) is 26.3 Å². The molecule has 1 aromatic heterocycles. The topological polar surface area (TPSA) is 148 Å². The average molecular weight is 298 g/mol. The molecule has 0 amide bonds. The highest BCUT2D eigenvalue weighted by molar-refractivity contribution is 5.79. The molecule has 114 valence electrons. The smallest absolute Gasteiger partial charge is 0.387 e. The van der Waals surface area contributed by atoms with Crippen molar-refractivity contribution in [2.24, 2.45) is 5.92 Å². The van der Waals surface area contributed by atoms with Gasteiger partial charge in [0.05, 0.1) is 9.85 Å². The molecule has 21 heavy (non-hydrogen) atoms. The maximum absolute atomic E-state index is 11.1. The molecule has 2 N–H and O–H groups in total. The highest BCUT2D eigenvalue weighted by atomic mass is 16.6. The van der Waals surface area contributed by atoms with Crippen LogP contribution in [0, 0.1) is 26.1 Å². The number of aromatic nitrogens is 1. The molecule has 1 rings (SSSR count). The number of hydrogen-bond acceptors (Lipinski definition) is 7. The van der Waals surface area contributed by atoms with E-state index in [4.69, 9.17) is 5.11 Å². The number of carboxylic acids is 1. The quantitative estimate of drug-likeness (QED) is 0.571. The van der Waals surface area contributed by atoms with E-state index in [1.165, 1.54) is 0 Å². The van der Waals surface area contributed by atoms with E-state index in [1.54, 1.807) is 13.8 Å². The van der Waals surface area contributed by atoms with Gasteiger partial charge in [-0.15, -0.1) is 0 Å². The molecule has 10 heteroatoms. The molecule has 1 unspecified atom stereocenters. The highest BCUT2D eigenvalue weighted by Gasteiger charge is 2.32. The number of hydrogen-bond donors (Lipinski definition) is 2. The van der Waals surface area contributed by atoms with Crippen LogP contribution in [0.25, 0.3) is 0 Å². The summed E-state index contributed by atoms with van der Waals surface area (Å²) in [6.45, 7) is 3.57. The van der Waals surface area contributed by atoms with Crippen LogP contribution in [0.2, 0.25) is 0 Å². The number of nitrogens with one attached hydrogen (secondary N) is 1. The Labute approximate surface area is 119 Å². The van der Waals surface area contributed by atoms with E-state index < -0.39 is 39.1 Å². The van der Waals surface area contributed by atoms with Crippen molar-refractivity contribution < 1.29 is 19.7 Å². The Hall–Kier alpha value is -2.78. The van der Waals surface area contributed by atoms with E-state index in [0.717, 1.165) is 12.3 Å². The first-order valence-electron chi connectivity index (χ1n) is 6.01. The number of carboxylic acid groups (broad SMARTS) is 1. The number of carbonyl (C=O) groups is 1. The van der Waals surface area contributed by atoms with Crippen LogP contribution in [0.1, 0.15) is 20.3 Å². The van der Waals surface area contributed by atoms with Crippen molar-refractivity contribution in [3.05, 3.63) is 32.5 Å². The Morgan fingerprint density at radius 3 is 2.43 bits per heavy atom. The van der Waals surface area contributed by atoms with E-state index in [2.05, 4.69) is 10.3 Å². The summed E-state index contributed by atoms with van der Waals surface area (Å²) in [6, 6.07) is -0.236. The molecule has 1 atom stereocenters. The summed E-state index contributed by atoms with van der Waals surface area (Å²) in [7, 11) is 0. The molecule has 0 saturated heterocycles. The summed E-state index contributed by atoms with van der Waals surface area (Å²) in [5.41, 5.74) is -1.59. The fourth-order valence-corrected chi connectivity index (χ4v) is 1.73. The lowest BCUT2D eigenvalue weighted by molar-refractivity contribution is -0.422. The molecule has 0 saturated carbocycles. The maximum atomic E-state index is 11.1. The lowest BCUT2D eigenvalue weighted by Gasteiger charge is -2.16. The molecule has 0 aliphatic rings. The van der Waals surface area contributed by atoms with Gasteiger partial charge in [-0.25, -0.2) is 9.78 Å². The minimum absolute atomic E-state index is 0.0105. The Morgan fingerprint density at radius 2 is 2.00 bits per heavy atom. The summed E-state index contributed by atoms with van der Waals surface area (Å²) >= 11 is 0. The molecule has 1 heterocycles. The molecular formula is C11H14N4O6. The third-order valence-corrected chi connectivity index (χ3v) is 2.60. The van der Waals surface area contributed by atoms with Crippen LogP contribution in [0.3, 0.4) is 0 Å². The molecule has 0 fully saturated rings. The van der Waals surface area contributed by atoms with Crippen molar-refractivity contribution >= 4 is 23.2 Å². The monoisotopic (exact) mass is 298 g/mol. The zero-order valence-corrected chi connectivity index (χ0v) is 11.3. The number of nitro groups is 2. The molecule has 10 nitrogen and oxygen atoms in total. The minimum Gasteiger partial charge on any atom is -0.480 e. The van der Waals surface area contributed by atoms with E-state index in [9.17, 15) is 25.0 Å². The van der Waals surface area contributed by atoms with Gasteiger partial charge >= 0.3 is 17.3 Å². The third kappa shape index (κ3) is 4.09. The lowest BCUT2D eigenvalue weighted by atomic mass is 10.0. The summed E-state index contributed by atoms with van der Waals surface area (Å²) < 4.78 is 0. The standard InChI is InChI=1S/C11H14N4O6/c1-6(2)5-7(11(16)17)13-10-9(15(20)21)8(14(18)19)3-4-12-10/h3-4,6-7H,5H2,1-2H3,(H,12,13)(H,16,17). The highest BCUT2D eigenvalue weighted by Crippen LogP contribution is 2.33. The zero-order chi connectivity index (χ0) is 16.2. The first-order chi connectivity index (χ1) is 9.73. The van der Waals surface area contributed by atoms with Crippen LogP contribution in [0.5, 0.6) is 0 Å². The van der Waals surface area contributed by atoms with E-state index in [0.29, 0.717) is 0 Å². The fraction of sp³-hybridized carbons (Fsp3) is 0.455. The second kappa shape index (κ2) is 6.59. The number of nitrogens with zero attached hydrogens (tertiary/aromatic N) is 3. The number of aliphatic carboxylic acids is 1. The van der Waals surface area contributed by atoms with Gasteiger partial charge in [0, 0.05) is 12.3 Å². The predicted molar refractivity (Wildman–Crippen MR) is 72.0 cm³/mol. The number of pyridine rings is 1. The molecule has 0 radical (unpaired) electrons. The zero-order valence-electron chi connectivity index (χ0n) is 11.3. The summed E-state index contributed by atoms with van der Waals surface area (Å²) in [5.74, 6) is -1.63. The molecule has 0 aliphatic heterocycles. The van der Waals surface area contributed by atoms with Crippen LogP contribution < -0.4 is 5.32 Å². The van der Waals surface area contributed by atoms with Crippen LogP contribution in [0.15, 0.2) is 12.3 Å². The average Bonchev–Trinajstić information content (AvgIpc) is 2.36. The summed E-state index contributed by atoms with van der Waals surface area (Å²) in [6.07, 6.45) is 1.21. The number of rotatable bonds is 7. The molecule has 1 aromatic rings. The van der Waals surface area contributed by atoms with Gasteiger partial charge in [0.1, 0.15) is 6.04 Å². The van der Waals surface area contributed by atoms with Gasteiger partial charge in [-0.2, -0.15) is 0 Å². The minimum atomic E-state index is -1.22. The van der Waals surface area contributed by atoms with Gasteiger partial charge in [-0.1, -0.05) is 13.8 Å². The second-order valence-electron chi connectivity index (χ2n) is 4.71. The Balaban J connectivity index is 3.23. The first-order valence-corrected chi connectivity index (χ1v) is 6.01. The molecule has 0 aromatic carbocycles. The summed E-state index contributed by atoms with van der Waals surface area (Å²) in [5, 5.41) is 33.3. The van der Waals surface area contributed by atoms with Gasteiger partial charge < -0.3 is 10.4 Å². The van der Waals surface area contributed by atoms with Crippen molar-refractivity contribution in [1.82, 2.24) is 4.98 Å². The molecule has 0 spiro atoms. The Morgan fingerprint density at radius 1 is 1.38 bits per heavy atom. The summed E-state index contributed by atoms with van der Waals surface area (Å²) in [4.78, 5) is 34.7. The fourth-order valence-electron chi connectivity index (χ4n) is 1.73. The molecule has 0 aliphatic carbocycles. The third-order valence-electron chi connectivity index (χ3n) is 2.60. The van der Waals surface area contributed by atoms with Crippen molar-refractivity contribution in [3.8, 4) is 0 Å². The Bertz CT molecular complexity index is 574. The second-order valence-corrected chi connectivity index (χ2v) is 4.71. The number of anilines is 1. The lowest BCUT2D eigenvalue weighted by Crippen LogP contribution is -2.31. The molecule has 0 bridgehead atoms. The van der Waals surface area contributed by atoms with Crippen LogP contribution >= 0.6 is 0 Å². The van der Waals surface area contributed by atoms with Crippen LogP contribution in [-0.4, -0.2) is 31.9 Å². The van der Waals surface area contributed by atoms with E-state index in [-0.39, 0.29) is 12.3 Å². The first kappa shape index (κ1) is 16.3. The van der Waals surface area contributed by atoms with Gasteiger partial charge in [0.2, 0.25) is 5.82 Å². The maximum Gasteiger partial charge on any atom is 0.387 e. The largest absolute Gasteiger partial charge is 0.480 e. The van der Waals surface area contributed by atoms with Gasteiger partial charge in [-0.05, 0) is 12.3 Å². The van der Waals surface area contributed by atoms with E-state index >= 15 is 0 Å². The molecular weight excluding hydrogens is 284 g/mol. The van der Waals surface area contributed by atoms with Crippen molar-refractivity contribution in [3.63, 3.8) is 0 Å². The normalized spacial score (nSPS) is 12.0. The Kier molecular flexibility index (Phi) is 5.11. The SMILES string of the molecule is CC(C)CC(Nc1nccc([N+](=O)[O-])c1[N+](=O)[O-])C(=O)O. The van der Waals surface area contributed by atoms with Gasteiger partial charge in [-0.3, -0.25) is 20.2 Å². The van der Waals surface area contributed by atoms with Crippen molar-refractivity contribution in [1.29, 1.82) is 0 Å². The predicted octanol–water partition coefficient (Wildman–Crippen LogP) is 1.81. The van der Waals surface area contributed by atoms with Crippen LogP contribution in [-0.2, 0) is 4.79 Å². The van der Waals surface area contributed by atoms with E-state index in [1.807, 2.05) is 0 Å². The van der Waals surface area contributed by atoms with Crippen molar-refractivity contribution in [2.75, 3.05) is 5.32 Å². The van der Waals surface area contributed by atoms with Gasteiger partial charge in [0.25, 0.3) is 0 Å².